The standard InChI is InChI=1S/C16H17Cl2NOS/c1-10-3-5-13(11(2)7-10)16(19)9-21(20)12-4-6-14(17)15(18)8-12/h3-8,16H,9,19H2,1-2H3. The molecule has 0 aliphatic carbocycles. The third-order valence-corrected chi connectivity index (χ3v) is 5.49. The number of hydrogen-bond donors (Lipinski definition) is 1. The molecule has 2 rings (SSSR count). The molecule has 2 N–H and O–H groups in total. The Labute approximate surface area is 137 Å². The molecule has 0 bridgehead atoms. The van der Waals surface area contributed by atoms with Crippen LogP contribution in [0.15, 0.2) is 41.3 Å². The van der Waals surface area contributed by atoms with Gasteiger partial charge in [0.1, 0.15) is 0 Å². The van der Waals surface area contributed by atoms with Gasteiger partial charge < -0.3 is 5.73 Å². The Morgan fingerprint density at radius 2 is 1.81 bits per heavy atom. The highest BCUT2D eigenvalue weighted by atomic mass is 35.5. The topological polar surface area (TPSA) is 43.1 Å². The van der Waals surface area contributed by atoms with Crippen molar-refractivity contribution in [3.05, 3.63) is 63.1 Å². The van der Waals surface area contributed by atoms with Crippen LogP contribution in [-0.2, 0) is 10.8 Å². The van der Waals surface area contributed by atoms with Crippen LogP contribution in [0.2, 0.25) is 10.0 Å². The van der Waals surface area contributed by atoms with E-state index in [-0.39, 0.29) is 6.04 Å². The summed E-state index contributed by atoms with van der Waals surface area (Å²) in [7, 11) is -1.21. The number of halogens is 2. The van der Waals surface area contributed by atoms with Gasteiger partial charge in [-0.25, -0.2) is 0 Å². The lowest BCUT2D eigenvalue weighted by molar-refractivity contribution is 0.675. The van der Waals surface area contributed by atoms with Gasteiger partial charge in [0, 0.05) is 16.7 Å². The predicted octanol–water partition coefficient (Wildman–Crippen LogP) is 4.42. The van der Waals surface area contributed by atoms with Crippen molar-refractivity contribution >= 4 is 34.0 Å². The molecule has 0 amide bonds. The second-order valence-corrected chi connectivity index (χ2v) is 7.36. The molecule has 2 unspecified atom stereocenters. The van der Waals surface area contributed by atoms with Crippen molar-refractivity contribution in [3.8, 4) is 0 Å². The molecule has 0 heterocycles. The lowest BCUT2D eigenvalue weighted by Gasteiger charge is -2.15. The molecule has 2 aromatic carbocycles. The highest BCUT2D eigenvalue weighted by Crippen LogP contribution is 2.26. The normalized spacial score (nSPS) is 14.0. The number of aryl methyl sites for hydroxylation is 2. The van der Waals surface area contributed by atoms with E-state index in [0.717, 1.165) is 11.1 Å². The highest BCUT2D eigenvalue weighted by molar-refractivity contribution is 7.85. The minimum absolute atomic E-state index is 0.277. The van der Waals surface area contributed by atoms with E-state index in [1.165, 1.54) is 5.56 Å². The Hall–Kier alpha value is -0.870. The highest BCUT2D eigenvalue weighted by Gasteiger charge is 2.15. The molecular weight excluding hydrogens is 325 g/mol. The molecule has 5 heteroatoms. The maximum Gasteiger partial charge on any atom is 0.0604 e. The van der Waals surface area contributed by atoms with Gasteiger partial charge in [-0.15, -0.1) is 0 Å². The summed E-state index contributed by atoms with van der Waals surface area (Å²) in [6, 6.07) is 10.8. The summed E-state index contributed by atoms with van der Waals surface area (Å²) in [5.41, 5.74) is 9.53. The van der Waals surface area contributed by atoms with Gasteiger partial charge in [0.05, 0.1) is 20.8 Å². The molecule has 0 aromatic heterocycles. The SMILES string of the molecule is Cc1ccc(C(N)CS(=O)c2ccc(Cl)c(Cl)c2)c(C)c1. The Morgan fingerprint density at radius 1 is 1.10 bits per heavy atom. The van der Waals surface area contributed by atoms with Crippen LogP contribution in [0.3, 0.4) is 0 Å². The molecule has 0 spiro atoms. The van der Waals surface area contributed by atoms with Crippen LogP contribution in [0, 0.1) is 13.8 Å². The number of rotatable bonds is 4. The average molecular weight is 342 g/mol. The number of hydrogen-bond acceptors (Lipinski definition) is 2. The van der Waals surface area contributed by atoms with Crippen LogP contribution >= 0.6 is 23.2 Å². The van der Waals surface area contributed by atoms with E-state index in [1.807, 2.05) is 26.0 Å². The molecule has 2 aromatic rings. The summed E-state index contributed by atoms with van der Waals surface area (Å²) in [5.74, 6) is 0.349. The zero-order valence-corrected chi connectivity index (χ0v) is 14.2. The van der Waals surface area contributed by atoms with E-state index < -0.39 is 10.8 Å². The molecule has 0 saturated heterocycles. The summed E-state index contributed by atoms with van der Waals surface area (Å²) in [5, 5.41) is 0.860. The number of benzene rings is 2. The first-order chi connectivity index (χ1) is 9.88. The molecule has 0 aliphatic heterocycles. The third-order valence-electron chi connectivity index (χ3n) is 3.31. The van der Waals surface area contributed by atoms with Crippen LogP contribution in [0.5, 0.6) is 0 Å². The van der Waals surface area contributed by atoms with Crippen LogP contribution in [0.1, 0.15) is 22.7 Å². The van der Waals surface area contributed by atoms with Crippen molar-refractivity contribution in [2.45, 2.75) is 24.8 Å². The van der Waals surface area contributed by atoms with Gasteiger partial charge in [0.25, 0.3) is 0 Å². The second kappa shape index (κ2) is 6.93. The Kier molecular flexibility index (Phi) is 5.44. The van der Waals surface area contributed by atoms with Gasteiger partial charge in [-0.05, 0) is 43.2 Å². The first-order valence-corrected chi connectivity index (χ1v) is 8.62. The molecule has 0 fully saturated rings. The van der Waals surface area contributed by atoms with E-state index in [9.17, 15) is 4.21 Å². The lowest BCUT2D eigenvalue weighted by Crippen LogP contribution is -2.19. The Balaban J connectivity index is 2.16. The third kappa shape index (κ3) is 4.07. The summed E-state index contributed by atoms with van der Waals surface area (Å²) in [6.07, 6.45) is 0. The zero-order chi connectivity index (χ0) is 15.6. The fourth-order valence-corrected chi connectivity index (χ4v) is 3.74. The predicted molar refractivity (Wildman–Crippen MR) is 90.6 cm³/mol. The monoisotopic (exact) mass is 341 g/mol. The van der Waals surface area contributed by atoms with Gasteiger partial charge in [-0.3, -0.25) is 4.21 Å². The first-order valence-electron chi connectivity index (χ1n) is 6.54. The fourth-order valence-electron chi connectivity index (χ4n) is 2.21. The van der Waals surface area contributed by atoms with Gasteiger partial charge in [0.2, 0.25) is 0 Å². The van der Waals surface area contributed by atoms with Crippen molar-refractivity contribution < 1.29 is 4.21 Å². The minimum atomic E-state index is -1.21. The summed E-state index contributed by atoms with van der Waals surface area (Å²) in [4.78, 5) is 0.643. The molecule has 2 atom stereocenters. The largest absolute Gasteiger partial charge is 0.323 e. The smallest absolute Gasteiger partial charge is 0.0604 e. The molecule has 112 valence electrons. The van der Waals surface area contributed by atoms with Crippen LogP contribution in [0.4, 0.5) is 0 Å². The van der Waals surface area contributed by atoms with Gasteiger partial charge in [-0.2, -0.15) is 0 Å². The van der Waals surface area contributed by atoms with Crippen molar-refractivity contribution in [2.24, 2.45) is 5.73 Å². The molecule has 2 nitrogen and oxygen atoms in total. The van der Waals surface area contributed by atoms with E-state index in [1.54, 1.807) is 18.2 Å². The van der Waals surface area contributed by atoms with Crippen molar-refractivity contribution in [3.63, 3.8) is 0 Å². The minimum Gasteiger partial charge on any atom is -0.323 e. The van der Waals surface area contributed by atoms with Crippen molar-refractivity contribution in [1.29, 1.82) is 0 Å². The van der Waals surface area contributed by atoms with E-state index in [0.29, 0.717) is 20.7 Å². The fraction of sp³-hybridized carbons (Fsp3) is 0.250. The second-order valence-electron chi connectivity index (χ2n) is 5.05. The number of nitrogens with two attached hydrogens (primary N) is 1. The molecule has 0 radical (unpaired) electrons. The van der Waals surface area contributed by atoms with E-state index in [4.69, 9.17) is 28.9 Å². The summed E-state index contributed by atoms with van der Waals surface area (Å²) >= 11 is 11.8. The zero-order valence-electron chi connectivity index (χ0n) is 11.9. The molecular formula is C16H17Cl2NOS. The van der Waals surface area contributed by atoms with Crippen LogP contribution in [0.25, 0.3) is 0 Å². The van der Waals surface area contributed by atoms with Gasteiger partial charge in [0.15, 0.2) is 0 Å². The van der Waals surface area contributed by atoms with Crippen LogP contribution in [-0.4, -0.2) is 9.96 Å². The molecule has 0 saturated carbocycles. The molecule has 0 aliphatic rings. The van der Waals surface area contributed by atoms with E-state index >= 15 is 0 Å². The van der Waals surface area contributed by atoms with Crippen molar-refractivity contribution in [1.82, 2.24) is 0 Å². The van der Waals surface area contributed by atoms with Gasteiger partial charge >= 0.3 is 0 Å². The maximum atomic E-state index is 12.4. The summed E-state index contributed by atoms with van der Waals surface area (Å²) in [6.45, 7) is 4.06. The lowest BCUT2D eigenvalue weighted by atomic mass is 10.0. The summed E-state index contributed by atoms with van der Waals surface area (Å²) < 4.78 is 12.4. The van der Waals surface area contributed by atoms with E-state index in [2.05, 4.69) is 6.07 Å². The quantitative estimate of drug-likeness (QED) is 0.894. The van der Waals surface area contributed by atoms with Crippen molar-refractivity contribution in [2.75, 3.05) is 5.75 Å². The molecule has 21 heavy (non-hydrogen) atoms. The first kappa shape index (κ1) is 16.5. The Morgan fingerprint density at radius 3 is 2.43 bits per heavy atom. The maximum absolute atomic E-state index is 12.4. The Bertz CT molecular complexity index is 688. The van der Waals surface area contributed by atoms with Crippen LogP contribution < -0.4 is 5.73 Å². The van der Waals surface area contributed by atoms with Gasteiger partial charge in [-0.1, -0.05) is 47.0 Å². The average Bonchev–Trinajstić information content (AvgIpc) is 2.41.